The van der Waals surface area contributed by atoms with Gasteiger partial charge in [-0.3, -0.25) is 4.79 Å². The largest absolute Gasteiger partial charge is 0.489 e. The van der Waals surface area contributed by atoms with E-state index in [0.717, 1.165) is 0 Å². The predicted octanol–water partition coefficient (Wildman–Crippen LogP) is 3.74. The highest BCUT2D eigenvalue weighted by molar-refractivity contribution is 6.06. The highest BCUT2D eigenvalue weighted by Gasteiger charge is 2.20. The van der Waals surface area contributed by atoms with E-state index in [2.05, 4.69) is 15.5 Å². The Morgan fingerprint density at radius 2 is 2.11 bits per heavy atom. The molecule has 0 aliphatic rings. The minimum Gasteiger partial charge on any atom is -0.489 e. The first-order chi connectivity index (χ1) is 13.6. The van der Waals surface area contributed by atoms with Crippen LogP contribution >= 0.6 is 0 Å². The van der Waals surface area contributed by atoms with Crippen molar-refractivity contribution in [1.29, 1.82) is 0 Å². The molecule has 0 spiro atoms. The quantitative estimate of drug-likeness (QED) is 0.512. The number of amides is 1. The molecule has 7 nitrogen and oxygen atoms in total. The summed E-state index contributed by atoms with van der Waals surface area (Å²) in [6.45, 7) is 2.05. The number of pyridine rings is 1. The van der Waals surface area contributed by atoms with Gasteiger partial charge >= 0.3 is 0 Å². The van der Waals surface area contributed by atoms with E-state index in [1.54, 1.807) is 37.3 Å². The zero-order valence-electron chi connectivity index (χ0n) is 14.9. The smallest absolute Gasteiger partial charge is 0.259 e. The number of fused-ring (bicyclic) bond motifs is 1. The third-order valence-electron chi connectivity index (χ3n) is 4.12. The van der Waals surface area contributed by atoms with Gasteiger partial charge in [-0.05, 0) is 37.3 Å². The number of aromatic nitrogens is 2. The van der Waals surface area contributed by atoms with Crippen molar-refractivity contribution in [2.45, 2.75) is 6.92 Å². The summed E-state index contributed by atoms with van der Waals surface area (Å²) in [6.07, 6.45) is 1.52. The lowest BCUT2D eigenvalue weighted by atomic mass is 10.1. The average Bonchev–Trinajstić information content (AvgIpc) is 3.36. The summed E-state index contributed by atoms with van der Waals surface area (Å²) in [4.78, 5) is 17.1. The lowest BCUT2D eigenvalue weighted by molar-refractivity contribution is 0.0948. The summed E-state index contributed by atoms with van der Waals surface area (Å²) in [6, 6.07) is 11.2. The van der Waals surface area contributed by atoms with E-state index in [1.165, 1.54) is 18.4 Å². The Morgan fingerprint density at radius 3 is 2.89 bits per heavy atom. The van der Waals surface area contributed by atoms with Gasteiger partial charge in [0.15, 0.2) is 17.3 Å². The second-order valence-corrected chi connectivity index (χ2v) is 6.02. The second kappa shape index (κ2) is 7.51. The van der Waals surface area contributed by atoms with Gasteiger partial charge in [0.2, 0.25) is 0 Å². The molecule has 142 valence electrons. The maximum Gasteiger partial charge on any atom is 0.259 e. The molecule has 0 atom stereocenters. The number of benzene rings is 1. The fourth-order valence-corrected chi connectivity index (χ4v) is 2.81. The molecule has 0 bridgehead atoms. The number of aryl methyl sites for hydroxylation is 1. The van der Waals surface area contributed by atoms with Crippen LogP contribution in [0, 0.1) is 12.7 Å². The first-order valence-corrected chi connectivity index (χ1v) is 8.60. The third-order valence-corrected chi connectivity index (χ3v) is 4.12. The van der Waals surface area contributed by atoms with E-state index in [1.807, 2.05) is 0 Å². The first-order valence-electron chi connectivity index (χ1n) is 8.60. The molecular weight excluding hydrogens is 365 g/mol. The van der Waals surface area contributed by atoms with Crippen molar-refractivity contribution >= 4 is 17.0 Å². The van der Waals surface area contributed by atoms with Gasteiger partial charge in [0.25, 0.3) is 11.6 Å². The topological polar surface area (TPSA) is 90.4 Å². The van der Waals surface area contributed by atoms with Crippen molar-refractivity contribution in [3.8, 4) is 17.2 Å². The van der Waals surface area contributed by atoms with E-state index in [4.69, 9.17) is 13.7 Å². The number of nitrogens with one attached hydrogen (secondary N) is 1. The number of furan rings is 1. The normalized spacial score (nSPS) is 10.9. The number of ether oxygens (including phenoxy) is 1. The number of carbonyl (C=O) groups excluding carboxylic acids is 1. The number of nitrogens with zero attached hydrogens (tertiary/aromatic N) is 2. The van der Waals surface area contributed by atoms with E-state index in [-0.39, 0.29) is 30.5 Å². The molecule has 3 aromatic heterocycles. The Balaban J connectivity index is 1.52. The molecule has 4 rings (SSSR count). The van der Waals surface area contributed by atoms with Gasteiger partial charge < -0.3 is 19.0 Å². The van der Waals surface area contributed by atoms with Crippen molar-refractivity contribution in [3.05, 3.63) is 65.8 Å². The molecule has 1 N–H and O–H groups in total. The molecule has 0 unspecified atom stereocenters. The zero-order valence-corrected chi connectivity index (χ0v) is 14.9. The lowest BCUT2D eigenvalue weighted by Gasteiger charge is -2.09. The molecule has 3 heterocycles. The van der Waals surface area contributed by atoms with E-state index in [9.17, 15) is 9.18 Å². The van der Waals surface area contributed by atoms with Crippen LogP contribution in [0.4, 0.5) is 4.39 Å². The van der Waals surface area contributed by atoms with Gasteiger partial charge in [-0.2, -0.15) is 0 Å². The fraction of sp³-hybridized carbons (Fsp3) is 0.150. The minimum absolute atomic E-state index is 0.120. The highest BCUT2D eigenvalue weighted by atomic mass is 19.1. The molecule has 28 heavy (non-hydrogen) atoms. The zero-order chi connectivity index (χ0) is 19.5. The van der Waals surface area contributed by atoms with Crippen molar-refractivity contribution < 1.29 is 22.9 Å². The molecular formula is C20H16FN3O4. The highest BCUT2D eigenvalue weighted by Crippen LogP contribution is 2.27. The summed E-state index contributed by atoms with van der Waals surface area (Å²) >= 11 is 0. The van der Waals surface area contributed by atoms with Gasteiger partial charge in [0.1, 0.15) is 12.3 Å². The van der Waals surface area contributed by atoms with Gasteiger partial charge in [-0.15, -0.1) is 0 Å². The number of para-hydroxylation sites is 1. The summed E-state index contributed by atoms with van der Waals surface area (Å²) in [5, 5.41) is 7.18. The monoisotopic (exact) mass is 381 g/mol. The predicted molar refractivity (Wildman–Crippen MR) is 98.5 cm³/mol. The first kappa shape index (κ1) is 17.7. The molecule has 0 aliphatic carbocycles. The summed E-state index contributed by atoms with van der Waals surface area (Å²) in [5.41, 5.74) is 1.63. The van der Waals surface area contributed by atoms with Crippen LogP contribution in [0.15, 0.2) is 57.7 Å². The van der Waals surface area contributed by atoms with E-state index in [0.29, 0.717) is 28.1 Å². The van der Waals surface area contributed by atoms with E-state index < -0.39 is 5.82 Å². The van der Waals surface area contributed by atoms with Crippen molar-refractivity contribution in [1.82, 2.24) is 15.5 Å². The summed E-state index contributed by atoms with van der Waals surface area (Å²) in [5.74, 6) is -0.151. The fourth-order valence-electron chi connectivity index (χ4n) is 2.81. The van der Waals surface area contributed by atoms with Gasteiger partial charge in [-0.25, -0.2) is 9.37 Å². The third kappa shape index (κ3) is 3.44. The molecule has 4 aromatic rings. The number of carbonyl (C=O) groups is 1. The lowest BCUT2D eigenvalue weighted by Crippen LogP contribution is -2.28. The van der Waals surface area contributed by atoms with Crippen LogP contribution in [0.3, 0.4) is 0 Å². The Hall–Kier alpha value is -3.68. The van der Waals surface area contributed by atoms with Crippen LogP contribution in [-0.4, -0.2) is 29.2 Å². The molecule has 1 amide bonds. The summed E-state index contributed by atoms with van der Waals surface area (Å²) < 4.78 is 29.5. The van der Waals surface area contributed by atoms with Crippen molar-refractivity contribution in [2.75, 3.05) is 13.2 Å². The number of hydrogen-bond donors (Lipinski definition) is 1. The van der Waals surface area contributed by atoms with Crippen LogP contribution in [0.25, 0.3) is 22.6 Å². The Bertz CT molecular complexity index is 1120. The van der Waals surface area contributed by atoms with Gasteiger partial charge in [0.05, 0.1) is 29.5 Å². The molecule has 1 aromatic carbocycles. The molecule has 0 saturated carbocycles. The summed E-state index contributed by atoms with van der Waals surface area (Å²) in [7, 11) is 0. The van der Waals surface area contributed by atoms with E-state index >= 15 is 0 Å². The number of hydrogen-bond acceptors (Lipinski definition) is 6. The van der Waals surface area contributed by atoms with Crippen molar-refractivity contribution in [2.24, 2.45) is 0 Å². The number of halogens is 1. The molecule has 0 aliphatic heterocycles. The molecule has 0 fully saturated rings. The molecule has 0 radical (unpaired) electrons. The van der Waals surface area contributed by atoms with Crippen LogP contribution in [0.5, 0.6) is 5.75 Å². The van der Waals surface area contributed by atoms with Gasteiger partial charge in [0, 0.05) is 0 Å². The maximum atomic E-state index is 13.6. The Kier molecular flexibility index (Phi) is 4.76. The Labute approximate surface area is 159 Å². The molecule has 0 saturated heterocycles. The van der Waals surface area contributed by atoms with Crippen LogP contribution in [0.1, 0.15) is 16.1 Å². The standard InChI is InChI=1S/C20H16FN3O4/c1-12-18-13(11-15(17-7-4-9-26-17)23-20(18)28-24-12)19(25)22-8-10-27-16-6-3-2-5-14(16)21/h2-7,9,11H,8,10H2,1H3,(H,22,25). The Morgan fingerprint density at radius 1 is 1.25 bits per heavy atom. The van der Waals surface area contributed by atoms with Crippen LogP contribution in [0.2, 0.25) is 0 Å². The second-order valence-electron chi connectivity index (χ2n) is 6.02. The van der Waals surface area contributed by atoms with Crippen molar-refractivity contribution in [3.63, 3.8) is 0 Å². The SMILES string of the molecule is Cc1noc2nc(-c3ccco3)cc(C(=O)NCCOc3ccccc3F)c12. The maximum absolute atomic E-state index is 13.6. The minimum atomic E-state index is -0.451. The van der Waals surface area contributed by atoms with Crippen LogP contribution < -0.4 is 10.1 Å². The average molecular weight is 381 g/mol. The molecule has 8 heteroatoms. The number of rotatable bonds is 6. The van der Waals surface area contributed by atoms with Crippen LogP contribution in [-0.2, 0) is 0 Å². The van der Waals surface area contributed by atoms with Gasteiger partial charge in [-0.1, -0.05) is 17.3 Å².